The molecule has 6 heteroatoms. The molecule has 0 N–H and O–H groups in total. The maximum atomic E-state index is 6.34. The van der Waals surface area contributed by atoms with Gasteiger partial charge < -0.3 is 8.98 Å². The number of hydrogen-bond donors (Lipinski definition) is 0. The van der Waals surface area contributed by atoms with Crippen LogP contribution in [0.25, 0.3) is 111 Å². The Kier molecular flexibility index (Phi) is 6.83. The zero-order chi connectivity index (χ0) is 37.5. The smallest absolute Gasteiger partial charge is 0.238 e. The van der Waals surface area contributed by atoms with E-state index < -0.39 is 0 Å². The summed E-state index contributed by atoms with van der Waals surface area (Å²) in [6.45, 7) is 0. The molecule has 0 radical (unpaired) electrons. The monoisotopic (exact) mass is 729 g/mol. The van der Waals surface area contributed by atoms with Crippen LogP contribution >= 0.6 is 0 Å². The molecule has 0 saturated carbocycles. The van der Waals surface area contributed by atoms with Gasteiger partial charge in [0.2, 0.25) is 5.95 Å². The molecule has 0 amide bonds. The maximum absolute atomic E-state index is 6.34. The standard InChI is InChI=1S/C51H31N5O/c1-3-14-32(15-4-1)34-18-13-19-36(30-34)55-43-23-10-7-20-37(43)41-28-29-42-38-21-8-11-24-44(38)56(48(42)47(41)55)51-53-49(33-16-5-2-6-17-33)52-50(54-51)35-26-27-40-39-22-9-12-25-45(39)57-46(40)31-35/h1-31H. The first-order valence-electron chi connectivity index (χ1n) is 19.1. The number of nitrogens with zero attached hydrogens (tertiary/aromatic N) is 5. The van der Waals surface area contributed by atoms with E-state index in [0.29, 0.717) is 17.6 Å². The summed E-state index contributed by atoms with van der Waals surface area (Å²) in [5.74, 6) is 1.70. The zero-order valence-electron chi connectivity index (χ0n) is 30.5. The lowest BCUT2D eigenvalue weighted by Gasteiger charge is -2.14. The van der Waals surface area contributed by atoms with Crippen molar-refractivity contribution in [3.63, 3.8) is 0 Å². The molecular weight excluding hydrogens is 699 g/mol. The van der Waals surface area contributed by atoms with E-state index in [1.807, 2.05) is 54.6 Å². The lowest BCUT2D eigenvalue weighted by Crippen LogP contribution is -2.07. The molecule has 0 atom stereocenters. The summed E-state index contributed by atoms with van der Waals surface area (Å²) in [6.07, 6.45) is 0. The van der Waals surface area contributed by atoms with Gasteiger partial charge in [0, 0.05) is 49.1 Å². The molecule has 0 saturated heterocycles. The van der Waals surface area contributed by atoms with Gasteiger partial charge in [-0.1, -0.05) is 146 Å². The summed E-state index contributed by atoms with van der Waals surface area (Å²) in [4.78, 5) is 15.8. The largest absolute Gasteiger partial charge is 0.456 e. The Balaban J connectivity index is 1.19. The van der Waals surface area contributed by atoms with Gasteiger partial charge in [-0.05, 0) is 53.6 Å². The van der Waals surface area contributed by atoms with Crippen molar-refractivity contribution < 1.29 is 4.42 Å². The van der Waals surface area contributed by atoms with Crippen LogP contribution in [0.2, 0.25) is 0 Å². The van der Waals surface area contributed by atoms with E-state index in [2.05, 4.69) is 143 Å². The van der Waals surface area contributed by atoms with Crippen LogP contribution in [0.3, 0.4) is 0 Å². The summed E-state index contributed by atoms with van der Waals surface area (Å²) in [5, 5.41) is 6.71. The van der Waals surface area contributed by atoms with Crippen molar-refractivity contribution in [3.05, 3.63) is 188 Å². The third-order valence-corrected chi connectivity index (χ3v) is 11.2. The fourth-order valence-electron chi connectivity index (χ4n) is 8.61. The van der Waals surface area contributed by atoms with Gasteiger partial charge in [-0.2, -0.15) is 9.97 Å². The first-order valence-corrected chi connectivity index (χ1v) is 19.1. The maximum Gasteiger partial charge on any atom is 0.238 e. The third-order valence-electron chi connectivity index (χ3n) is 11.2. The fraction of sp³-hybridized carbons (Fsp3) is 0. The average molecular weight is 730 g/mol. The van der Waals surface area contributed by atoms with E-state index >= 15 is 0 Å². The minimum atomic E-state index is 0.539. The minimum absolute atomic E-state index is 0.539. The highest BCUT2D eigenvalue weighted by Crippen LogP contribution is 2.42. The molecule has 57 heavy (non-hydrogen) atoms. The number of furan rings is 1. The van der Waals surface area contributed by atoms with Crippen LogP contribution in [0.15, 0.2) is 192 Å². The molecule has 0 aliphatic rings. The van der Waals surface area contributed by atoms with Crippen LogP contribution in [0.5, 0.6) is 0 Å². The Morgan fingerprint density at radius 3 is 1.61 bits per heavy atom. The van der Waals surface area contributed by atoms with Crippen molar-refractivity contribution >= 4 is 65.6 Å². The van der Waals surface area contributed by atoms with Gasteiger partial charge >= 0.3 is 0 Å². The molecule has 6 nitrogen and oxygen atoms in total. The van der Waals surface area contributed by atoms with Crippen molar-refractivity contribution in [2.45, 2.75) is 0 Å². The molecule has 0 fully saturated rings. The first kappa shape index (κ1) is 31.5. The summed E-state index contributed by atoms with van der Waals surface area (Å²) in [7, 11) is 0. The van der Waals surface area contributed by atoms with Crippen LogP contribution < -0.4 is 0 Å². The highest BCUT2D eigenvalue weighted by atomic mass is 16.3. The molecule has 0 aliphatic carbocycles. The van der Waals surface area contributed by atoms with Gasteiger partial charge in [0.1, 0.15) is 11.2 Å². The quantitative estimate of drug-likeness (QED) is 0.177. The van der Waals surface area contributed by atoms with Gasteiger partial charge in [0.25, 0.3) is 0 Å². The Morgan fingerprint density at radius 1 is 0.333 bits per heavy atom. The summed E-state index contributed by atoms with van der Waals surface area (Å²) in [5.41, 5.74) is 11.1. The van der Waals surface area contributed by atoms with Gasteiger partial charge in [-0.25, -0.2) is 4.98 Å². The van der Waals surface area contributed by atoms with Crippen molar-refractivity contribution in [1.82, 2.24) is 24.1 Å². The van der Waals surface area contributed by atoms with Gasteiger partial charge in [-0.3, -0.25) is 4.57 Å². The molecule has 12 aromatic rings. The van der Waals surface area contributed by atoms with Crippen molar-refractivity contribution in [2.24, 2.45) is 0 Å². The van der Waals surface area contributed by atoms with Crippen LogP contribution in [0.1, 0.15) is 0 Å². The molecule has 0 bridgehead atoms. The second-order valence-corrected chi connectivity index (χ2v) is 14.4. The number of hydrogen-bond acceptors (Lipinski definition) is 4. The molecular formula is C51H31N5O. The van der Waals surface area contributed by atoms with Gasteiger partial charge in [0.15, 0.2) is 11.6 Å². The minimum Gasteiger partial charge on any atom is -0.456 e. The lowest BCUT2D eigenvalue weighted by atomic mass is 10.1. The fourth-order valence-corrected chi connectivity index (χ4v) is 8.61. The zero-order valence-corrected chi connectivity index (χ0v) is 30.5. The Bertz CT molecular complexity index is 3520. The SMILES string of the molecule is c1ccc(-c2cccc(-n3c4ccccc4c4ccc5c6ccccc6n(-c6nc(-c7ccccc7)nc(-c7ccc8c(c7)oc7ccccc78)n6)c5c43)c2)cc1. The van der Waals surface area contributed by atoms with Gasteiger partial charge in [0.05, 0.1) is 22.1 Å². The van der Waals surface area contributed by atoms with Crippen molar-refractivity contribution in [2.75, 3.05) is 0 Å². The number of para-hydroxylation sites is 3. The molecule has 8 aromatic carbocycles. The Labute approximate surface area is 326 Å². The Hall–Kier alpha value is -7.83. The van der Waals surface area contributed by atoms with E-state index in [0.717, 1.165) is 82.5 Å². The third kappa shape index (κ3) is 4.87. The van der Waals surface area contributed by atoms with Gasteiger partial charge in [-0.15, -0.1) is 0 Å². The molecule has 4 aromatic heterocycles. The number of aromatic nitrogens is 5. The van der Waals surface area contributed by atoms with E-state index in [9.17, 15) is 0 Å². The van der Waals surface area contributed by atoms with E-state index in [1.54, 1.807) is 0 Å². The average Bonchev–Trinajstić information content (AvgIpc) is 3.94. The van der Waals surface area contributed by atoms with E-state index in [4.69, 9.17) is 19.4 Å². The molecule has 0 spiro atoms. The number of benzene rings is 8. The van der Waals surface area contributed by atoms with Crippen LogP contribution in [-0.4, -0.2) is 24.1 Å². The van der Waals surface area contributed by atoms with Crippen molar-refractivity contribution in [3.8, 4) is 45.5 Å². The normalized spacial score (nSPS) is 11.9. The molecule has 0 unspecified atom stereocenters. The number of fused-ring (bicyclic) bond motifs is 10. The summed E-state index contributed by atoms with van der Waals surface area (Å²) < 4.78 is 11.0. The van der Waals surface area contributed by atoms with Crippen LogP contribution in [-0.2, 0) is 0 Å². The predicted molar refractivity (Wildman–Crippen MR) is 232 cm³/mol. The van der Waals surface area contributed by atoms with Crippen molar-refractivity contribution in [1.29, 1.82) is 0 Å². The Morgan fingerprint density at radius 2 is 0.877 bits per heavy atom. The second kappa shape index (κ2) is 12.3. The van der Waals surface area contributed by atoms with E-state index in [1.165, 1.54) is 10.9 Å². The van der Waals surface area contributed by atoms with E-state index in [-0.39, 0.29) is 0 Å². The number of rotatable bonds is 5. The topological polar surface area (TPSA) is 61.7 Å². The highest BCUT2D eigenvalue weighted by molar-refractivity contribution is 6.23. The van der Waals surface area contributed by atoms with Crippen LogP contribution in [0.4, 0.5) is 0 Å². The predicted octanol–water partition coefficient (Wildman–Crippen LogP) is 13.0. The second-order valence-electron chi connectivity index (χ2n) is 14.4. The summed E-state index contributed by atoms with van der Waals surface area (Å²) >= 11 is 0. The first-order chi connectivity index (χ1) is 28.3. The highest BCUT2D eigenvalue weighted by Gasteiger charge is 2.24. The summed E-state index contributed by atoms with van der Waals surface area (Å²) in [6, 6.07) is 65.6. The lowest BCUT2D eigenvalue weighted by molar-refractivity contribution is 0.669. The molecule has 12 rings (SSSR count). The molecule has 266 valence electrons. The van der Waals surface area contributed by atoms with Crippen LogP contribution in [0, 0.1) is 0 Å². The molecule has 0 aliphatic heterocycles. The molecule has 4 heterocycles.